The molecule has 1 fully saturated rings. The van der Waals surface area contributed by atoms with Crippen molar-refractivity contribution in [1.82, 2.24) is 10.3 Å². The van der Waals surface area contributed by atoms with Crippen LogP contribution in [0.5, 0.6) is 0 Å². The normalized spacial score (nSPS) is 23.5. The molecule has 1 aliphatic heterocycles. The average molecular weight is 334 g/mol. The Morgan fingerprint density at radius 3 is 2.89 bits per heavy atom. The number of nitrogens with two attached hydrogens (primary N) is 1. The molecule has 1 aliphatic rings. The number of hydrazine groups is 1. The molecule has 0 aliphatic carbocycles. The molecule has 6 heteroatoms. The van der Waals surface area contributed by atoms with Crippen molar-refractivity contribution >= 4 is 27.3 Å². The smallest absolute Gasteiger partial charge is 0.0910 e. The van der Waals surface area contributed by atoms with Crippen molar-refractivity contribution < 1.29 is 4.74 Å². The molecule has 3 N–H and O–H groups in total. The van der Waals surface area contributed by atoms with Crippen molar-refractivity contribution in [2.24, 2.45) is 5.84 Å². The summed E-state index contributed by atoms with van der Waals surface area (Å²) < 4.78 is 6.99. The quantitative estimate of drug-likeness (QED) is 0.654. The van der Waals surface area contributed by atoms with Gasteiger partial charge in [0.2, 0.25) is 0 Å². The Balaban J connectivity index is 2.11. The van der Waals surface area contributed by atoms with Gasteiger partial charge >= 0.3 is 0 Å². The average Bonchev–Trinajstić information content (AvgIpc) is 2.77. The van der Waals surface area contributed by atoms with E-state index in [2.05, 4.69) is 50.9 Å². The number of morpholine rings is 1. The molecule has 4 nitrogen and oxygen atoms in total. The Bertz CT molecular complexity index is 385. The molecule has 0 bridgehead atoms. The third-order valence-corrected chi connectivity index (χ3v) is 5.14. The standard InChI is InChI=1S/C12H20BrN3OS/c1-8(2)16-3-4-17-11(5-16)12(15-14)9-6-18-7-10(9)13/h6-8,11-12,15H,3-5,14H2,1-2H3. The summed E-state index contributed by atoms with van der Waals surface area (Å²) in [5, 5.41) is 4.19. The summed E-state index contributed by atoms with van der Waals surface area (Å²) in [7, 11) is 0. The third-order valence-electron chi connectivity index (χ3n) is 3.38. The Morgan fingerprint density at radius 1 is 1.56 bits per heavy atom. The van der Waals surface area contributed by atoms with Gasteiger partial charge in [0.25, 0.3) is 0 Å². The molecule has 2 rings (SSSR count). The first-order valence-electron chi connectivity index (χ1n) is 6.17. The summed E-state index contributed by atoms with van der Waals surface area (Å²) in [6.07, 6.45) is 0.0945. The van der Waals surface area contributed by atoms with Gasteiger partial charge in [0.15, 0.2) is 0 Å². The first kappa shape index (κ1) is 14.4. The van der Waals surface area contributed by atoms with Crippen LogP contribution < -0.4 is 11.3 Å². The van der Waals surface area contributed by atoms with E-state index in [9.17, 15) is 0 Å². The first-order chi connectivity index (χ1) is 8.63. The summed E-state index contributed by atoms with van der Waals surface area (Å²) in [6.45, 7) is 7.11. The lowest BCUT2D eigenvalue weighted by atomic mass is 10.0. The SMILES string of the molecule is CC(C)N1CCOC(C(NN)c2cscc2Br)C1. The lowest BCUT2D eigenvalue weighted by Crippen LogP contribution is -2.51. The number of hydrogen-bond donors (Lipinski definition) is 2. The Labute approximate surface area is 121 Å². The summed E-state index contributed by atoms with van der Waals surface area (Å²) in [5.74, 6) is 5.72. The van der Waals surface area contributed by atoms with Crippen LogP contribution in [0.15, 0.2) is 15.2 Å². The third kappa shape index (κ3) is 3.12. The Morgan fingerprint density at radius 2 is 2.33 bits per heavy atom. The second-order valence-corrected chi connectivity index (χ2v) is 6.42. The van der Waals surface area contributed by atoms with Crippen LogP contribution >= 0.6 is 27.3 Å². The molecule has 102 valence electrons. The van der Waals surface area contributed by atoms with E-state index in [1.165, 1.54) is 5.56 Å². The molecular weight excluding hydrogens is 314 g/mol. The van der Waals surface area contributed by atoms with Gasteiger partial charge in [0.1, 0.15) is 0 Å². The topological polar surface area (TPSA) is 50.5 Å². The van der Waals surface area contributed by atoms with Crippen molar-refractivity contribution in [1.29, 1.82) is 0 Å². The van der Waals surface area contributed by atoms with Crippen LogP contribution in [0.4, 0.5) is 0 Å². The van der Waals surface area contributed by atoms with Gasteiger partial charge < -0.3 is 4.74 Å². The van der Waals surface area contributed by atoms with E-state index in [0.717, 1.165) is 24.2 Å². The van der Waals surface area contributed by atoms with E-state index in [4.69, 9.17) is 10.6 Å². The maximum atomic E-state index is 5.89. The van der Waals surface area contributed by atoms with Crippen molar-refractivity contribution in [3.63, 3.8) is 0 Å². The summed E-state index contributed by atoms with van der Waals surface area (Å²) in [4.78, 5) is 2.43. The van der Waals surface area contributed by atoms with E-state index >= 15 is 0 Å². The number of ether oxygens (including phenoxy) is 1. The second-order valence-electron chi connectivity index (χ2n) is 4.82. The molecule has 0 amide bonds. The number of halogens is 1. The minimum atomic E-state index is 0.0344. The largest absolute Gasteiger partial charge is 0.374 e. The molecule has 0 saturated carbocycles. The van der Waals surface area contributed by atoms with E-state index in [0.29, 0.717) is 6.04 Å². The van der Waals surface area contributed by atoms with Crippen LogP contribution in [0.2, 0.25) is 0 Å². The maximum absolute atomic E-state index is 5.89. The summed E-state index contributed by atoms with van der Waals surface area (Å²) in [6, 6.07) is 0.577. The van der Waals surface area contributed by atoms with Crippen molar-refractivity contribution in [2.45, 2.75) is 32.0 Å². The van der Waals surface area contributed by atoms with Crippen molar-refractivity contribution in [3.8, 4) is 0 Å². The zero-order valence-corrected chi connectivity index (χ0v) is 13.1. The molecule has 0 aromatic carbocycles. The monoisotopic (exact) mass is 333 g/mol. The zero-order valence-electron chi connectivity index (χ0n) is 10.7. The molecule has 2 atom stereocenters. The molecule has 0 spiro atoms. The Hall–Kier alpha value is 0.0200. The van der Waals surface area contributed by atoms with E-state index < -0.39 is 0 Å². The number of hydrogen-bond acceptors (Lipinski definition) is 5. The molecule has 0 radical (unpaired) electrons. The molecular formula is C12H20BrN3OS. The summed E-state index contributed by atoms with van der Waals surface area (Å²) in [5.41, 5.74) is 4.08. The maximum Gasteiger partial charge on any atom is 0.0910 e. The molecule has 18 heavy (non-hydrogen) atoms. The molecule has 1 aromatic rings. The highest BCUT2D eigenvalue weighted by atomic mass is 79.9. The minimum absolute atomic E-state index is 0.0344. The van der Waals surface area contributed by atoms with Crippen molar-refractivity contribution in [3.05, 3.63) is 20.8 Å². The fourth-order valence-corrected chi connectivity index (χ4v) is 3.86. The lowest BCUT2D eigenvalue weighted by Gasteiger charge is -2.38. The van der Waals surface area contributed by atoms with Crippen LogP contribution in [-0.2, 0) is 4.74 Å². The molecule has 1 aromatic heterocycles. The van der Waals surface area contributed by atoms with Gasteiger partial charge in [-0.2, -0.15) is 11.3 Å². The number of thiophene rings is 1. The predicted molar refractivity (Wildman–Crippen MR) is 78.5 cm³/mol. The van der Waals surface area contributed by atoms with Gasteiger partial charge in [0, 0.05) is 29.0 Å². The fraction of sp³-hybridized carbons (Fsp3) is 0.667. The van der Waals surface area contributed by atoms with Gasteiger partial charge in [-0.15, -0.1) is 0 Å². The van der Waals surface area contributed by atoms with E-state index in [1.807, 2.05) is 0 Å². The molecule has 1 saturated heterocycles. The van der Waals surface area contributed by atoms with Gasteiger partial charge in [-0.1, -0.05) is 0 Å². The number of nitrogens with zero attached hydrogens (tertiary/aromatic N) is 1. The second kappa shape index (κ2) is 6.45. The number of nitrogens with one attached hydrogen (secondary N) is 1. The lowest BCUT2D eigenvalue weighted by molar-refractivity contribution is -0.0561. The highest BCUT2D eigenvalue weighted by Crippen LogP contribution is 2.31. The van der Waals surface area contributed by atoms with Gasteiger partial charge in [-0.25, -0.2) is 0 Å². The highest BCUT2D eigenvalue weighted by Gasteiger charge is 2.30. The fourth-order valence-electron chi connectivity index (χ4n) is 2.28. The van der Waals surface area contributed by atoms with Crippen LogP contribution in [0.25, 0.3) is 0 Å². The van der Waals surface area contributed by atoms with E-state index in [-0.39, 0.29) is 12.1 Å². The number of rotatable bonds is 4. The van der Waals surface area contributed by atoms with Crippen LogP contribution in [0.3, 0.4) is 0 Å². The van der Waals surface area contributed by atoms with Gasteiger partial charge in [-0.3, -0.25) is 16.2 Å². The van der Waals surface area contributed by atoms with Crippen LogP contribution in [-0.4, -0.2) is 36.7 Å². The zero-order chi connectivity index (χ0) is 13.1. The minimum Gasteiger partial charge on any atom is -0.374 e. The highest BCUT2D eigenvalue weighted by molar-refractivity contribution is 9.10. The molecule has 2 unspecified atom stereocenters. The predicted octanol–water partition coefficient (Wildman–Crippen LogP) is 2.12. The molecule has 2 heterocycles. The first-order valence-corrected chi connectivity index (χ1v) is 7.90. The van der Waals surface area contributed by atoms with E-state index in [1.54, 1.807) is 11.3 Å². The van der Waals surface area contributed by atoms with Gasteiger partial charge in [0.05, 0.1) is 18.8 Å². The van der Waals surface area contributed by atoms with Crippen LogP contribution in [0, 0.1) is 0 Å². The Kier molecular flexibility index (Phi) is 5.17. The van der Waals surface area contributed by atoms with Crippen molar-refractivity contribution in [2.75, 3.05) is 19.7 Å². The van der Waals surface area contributed by atoms with Gasteiger partial charge in [-0.05, 0) is 40.7 Å². The van der Waals surface area contributed by atoms with Crippen LogP contribution in [0.1, 0.15) is 25.5 Å². The summed E-state index contributed by atoms with van der Waals surface area (Å²) >= 11 is 5.23.